The van der Waals surface area contributed by atoms with Crippen LogP contribution in [0.5, 0.6) is 0 Å². The van der Waals surface area contributed by atoms with E-state index in [0.29, 0.717) is 0 Å². The zero-order valence-corrected chi connectivity index (χ0v) is 10.1. The maximum absolute atomic E-state index is 10.7. The molecular formula is C13H13NOS. The molecule has 2 nitrogen and oxygen atoms in total. The minimum atomic E-state index is 0.745. The molecule has 1 aromatic heterocycles. The van der Waals surface area contributed by atoms with Crippen molar-refractivity contribution in [1.82, 2.24) is 0 Å². The Hall–Kier alpha value is -1.61. The van der Waals surface area contributed by atoms with Gasteiger partial charge in [-0.25, -0.2) is 0 Å². The molecule has 0 atom stereocenters. The van der Waals surface area contributed by atoms with E-state index >= 15 is 0 Å². The molecule has 0 spiro atoms. The number of benzene rings is 1. The Bertz CT molecular complexity index is 543. The van der Waals surface area contributed by atoms with Crippen LogP contribution in [-0.2, 0) is 0 Å². The van der Waals surface area contributed by atoms with Gasteiger partial charge >= 0.3 is 0 Å². The normalized spacial score (nSPS) is 10.4. The number of aldehydes is 1. The molecule has 0 aliphatic rings. The fraction of sp³-hybridized carbons (Fsp3) is 0.154. The van der Waals surface area contributed by atoms with Crippen molar-refractivity contribution in [1.29, 1.82) is 0 Å². The number of hydrogen-bond acceptors (Lipinski definition) is 3. The van der Waals surface area contributed by atoms with Crippen molar-refractivity contribution in [2.24, 2.45) is 0 Å². The van der Waals surface area contributed by atoms with Gasteiger partial charge in [0.05, 0.1) is 4.88 Å². The van der Waals surface area contributed by atoms with Gasteiger partial charge in [0.1, 0.15) is 0 Å². The lowest BCUT2D eigenvalue weighted by Crippen LogP contribution is -1.93. The summed E-state index contributed by atoms with van der Waals surface area (Å²) in [4.78, 5) is 11.4. The number of thiophene rings is 1. The van der Waals surface area contributed by atoms with Crippen molar-refractivity contribution < 1.29 is 4.79 Å². The first kappa shape index (κ1) is 10.9. The Morgan fingerprint density at radius 3 is 2.62 bits per heavy atom. The molecule has 2 N–H and O–H groups in total. The third-order valence-corrected chi connectivity index (χ3v) is 3.50. The van der Waals surface area contributed by atoms with Crippen LogP contribution >= 0.6 is 11.3 Å². The highest BCUT2D eigenvalue weighted by molar-refractivity contribution is 7.12. The molecule has 0 fully saturated rings. The van der Waals surface area contributed by atoms with Gasteiger partial charge in [-0.2, -0.15) is 0 Å². The minimum Gasteiger partial charge on any atom is -0.398 e. The van der Waals surface area contributed by atoms with Gasteiger partial charge < -0.3 is 5.73 Å². The molecule has 82 valence electrons. The summed E-state index contributed by atoms with van der Waals surface area (Å²) in [5.41, 5.74) is 11.1. The highest BCUT2D eigenvalue weighted by Crippen LogP contribution is 2.31. The highest BCUT2D eigenvalue weighted by atomic mass is 32.1. The van der Waals surface area contributed by atoms with Crippen molar-refractivity contribution in [3.63, 3.8) is 0 Å². The molecule has 16 heavy (non-hydrogen) atoms. The van der Waals surface area contributed by atoms with E-state index < -0.39 is 0 Å². The van der Waals surface area contributed by atoms with Crippen LogP contribution in [0.3, 0.4) is 0 Å². The monoisotopic (exact) mass is 231 g/mol. The molecule has 0 saturated heterocycles. The first-order valence-electron chi connectivity index (χ1n) is 5.02. The van der Waals surface area contributed by atoms with Crippen molar-refractivity contribution in [2.45, 2.75) is 13.8 Å². The Morgan fingerprint density at radius 2 is 2.00 bits per heavy atom. The predicted molar refractivity (Wildman–Crippen MR) is 69.0 cm³/mol. The minimum absolute atomic E-state index is 0.745. The first-order chi connectivity index (χ1) is 7.61. The molecule has 2 rings (SSSR count). The maximum atomic E-state index is 10.7. The van der Waals surface area contributed by atoms with Crippen molar-refractivity contribution in [2.75, 3.05) is 5.73 Å². The smallest absolute Gasteiger partial charge is 0.160 e. The van der Waals surface area contributed by atoms with E-state index in [1.165, 1.54) is 11.3 Å². The van der Waals surface area contributed by atoms with E-state index in [1.807, 2.05) is 31.4 Å². The second-order valence-corrected chi connectivity index (χ2v) is 4.83. The molecule has 0 unspecified atom stereocenters. The van der Waals surface area contributed by atoms with E-state index in [-0.39, 0.29) is 0 Å². The van der Waals surface area contributed by atoms with Crippen LogP contribution in [0.15, 0.2) is 23.6 Å². The first-order valence-corrected chi connectivity index (χ1v) is 5.90. The summed E-state index contributed by atoms with van der Waals surface area (Å²) in [5, 5.41) is 1.99. The van der Waals surface area contributed by atoms with Crippen molar-refractivity contribution in [3.8, 4) is 11.1 Å². The van der Waals surface area contributed by atoms with Gasteiger partial charge in [-0.05, 0) is 53.6 Å². The fourth-order valence-corrected chi connectivity index (χ4v) is 2.45. The average Bonchev–Trinajstić information content (AvgIpc) is 2.71. The number of rotatable bonds is 2. The third kappa shape index (κ3) is 1.86. The zero-order valence-electron chi connectivity index (χ0n) is 9.28. The topological polar surface area (TPSA) is 43.1 Å². The van der Waals surface area contributed by atoms with Crippen LogP contribution in [0.4, 0.5) is 5.69 Å². The predicted octanol–water partition coefficient (Wildman–Crippen LogP) is 3.43. The maximum Gasteiger partial charge on any atom is 0.160 e. The molecular weight excluding hydrogens is 218 g/mol. The number of nitrogen functional groups attached to an aromatic ring is 1. The summed E-state index contributed by atoms with van der Waals surface area (Å²) in [6.07, 6.45) is 0.878. The summed E-state index contributed by atoms with van der Waals surface area (Å²) >= 11 is 1.46. The van der Waals surface area contributed by atoms with E-state index in [9.17, 15) is 4.79 Å². The molecule has 0 saturated carbocycles. The number of aryl methyl sites for hydroxylation is 1. The van der Waals surface area contributed by atoms with Crippen molar-refractivity contribution >= 4 is 23.3 Å². The average molecular weight is 231 g/mol. The molecule has 2 aromatic rings. The molecule has 1 aromatic carbocycles. The summed E-state index contributed by atoms with van der Waals surface area (Å²) < 4.78 is 0. The Morgan fingerprint density at radius 1 is 1.25 bits per heavy atom. The molecule has 0 amide bonds. The molecule has 3 heteroatoms. The lowest BCUT2D eigenvalue weighted by molar-refractivity contribution is 0.112. The van der Waals surface area contributed by atoms with Gasteiger partial charge in [0.15, 0.2) is 6.29 Å². The SMILES string of the molecule is Cc1cc(N)c(C)c(-c2csc(C=O)c2)c1. The van der Waals surface area contributed by atoms with Gasteiger partial charge in [0.2, 0.25) is 0 Å². The zero-order chi connectivity index (χ0) is 11.7. The summed E-state index contributed by atoms with van der Waals surface area (Å²) in [5.74, 6) is 0. The number of carbonyl (C=O) groups is 1. The van der Waals surface area contributed by atoms with E-state index in [2.05, 4.69) is 6.07 Å². The largest absolute Gasteiger partial charge is 0.398 e. The Kier molecular flexibility index (Phi) is 2.79. The lowest BCUT2D eigenvalue weighted by atomic mass is 9.99. The molecule has 0 aliphatic carbocycles. The van der Waals surface area contributed by atoms with Gasteiger partial charge in [0.25, 0.3) is 0 Å². The number of hydrogen-bond donors (Lipinski definition) is 1. The summed E-state index contributed by atoms with van der Waals surface area (Å²) in [6, 6.07) is 5.97. The van der Waals surface area contributed by atoms with Crippen molar-refractivity contribution in [3.05, 3.63) is 39.6 Å². The number of anilines is 1. The van der Waals surface area contributed by atoms with Gasteiger partial charge in [-0.1, -0.05) is 6.07 Å². The van der Waals surface area contributed by atoms with E-state index in [4.69, 9.17) is 5.73 Å². The van der Waals surface area contributed by atoms with Gasteiger partial charge in [-0.15, -0.1) is 11.3 Å². The number of nitrogens with two attached hydrogens (primary N) is 1. The number of carbonyl (C=O) groups excluding carboxylic acids is 1. The van der Waals surface area contributed by atoms with Crippen LogP contribution in [0.25, 0.3) is 11.1 Å². The quantitative estimate of drug-likeness (QED) is 0.635. The van der Waals surface area contributed by atoms with Crippen LogP contribution in [0.1, 0.15) is 20.8 Å². The van der Waals surface area contributed by atoms with Crippen LogP contribution in [0, 0.1) is 13.8 Å². The van der Waals surface area contributed by atoms with Gasteiger partial charge in [-0.3, -0.25) is 4.79 Å². The molecule has 0 radical (unpaired) electrons. The second-order valence-electron chi connectivity index (χ2n) is 3.88. The fourth-order valence-electron chi connectivity index (χ4n) is 1.74. The van der Waals surface area contributed by atoms with E-state index in [1.54, 1.807) is 0 Å². The molecule has 0 bridgehead atoms. The lowest BCUT2D eigenvalue weighted by Gasteiger charge is -2.08. The van der Waals surface area contributed by atoms with E-state index in [0.717, 1.165) is 39.1 Å². The Labute approximate surface area is 98.7 Å². The molecule has 1 heterocycles. The van der Waals surface area contributed by atoms with Gasteiger partial charge in [0, 0.05) is 5.69 Å². The van der Waals surface area contributed by atoms with Crippen LogP contribution in [0.2, 0.25) is 0 Å². The van der Waals surface area contributed by atoms with Crippen LogP contribution in [-0.4, -0.2) is 6.29 Å². The Balaban J connectivity index is 2.58. The van der Waals surface area contributed by atoms with Crippen LogP contribution < -0.4 is 5.73 Å². The summed E-state index contributed by atoms with van der Waals surface area (Å²) in [6.45, 7) is 4.02. The molecule has 0 aliphatic heterocycles. The third-order valence-electron chi connectivity index (χ3n) is 2.64. The highest BCUT2D eigenvalue weighted by Gasteiger charge is 2.07. The summed E-state index contributed by atoms with van der Waals surface area (Å²) in [7, 11) is 0. The second kappa shape index (κ2) is 4.10. The standard InChI is InChI=1S/C13H13NOS/c1-8-3-12(9(2)13(14)4-8)10-5-11(6-15)16-7-10/h3-7H,14H2,1-2H3.